The van der Waals surface area contributed by atoms with Gasteiger partial charge in [0.2, 0.25) is 10.0 Å². The van der Waals surface area contributed by atoms with Gasteiger partial charge in [-0.3, -0.25) is 4.72 Å². The van der Waals surface area contributed by atoms with Crippen molar-refractivity contribution in [3.63, 3.8) is 0 Å². The molecule has 0 atom stereocenters. The average Bonchev–Trinajstić information content (AvgIpc) is 2.48. The van der Waals surface area contributed by atoms with E-state index in [0.717, 1.165) is 6.07 Å². The quantitative estimate of drug-likeness (QED) is 0.793. The van der Waals surface area contributed by atoms with Gasteiger partial charge in [-0.15, -0.1) is 0 Å². The molecule has 24 heavy (non-hydrogen) atoms. The van der Waals surface area contributed by atoms with Crippen molar-refractivity contribution in [2.75, 3.05) is 15.8 Å². The van der Waals surface area contributed by atoms with E-state index in [9.17, 15) is 21.6 Å². The molecule has 8 heteroatoms. The molecule has 0 bridgehead atoms. The number of rotatable bonds is 6. The normalized spacial score (nSPS) is 12.0. The average molecular weight is 358 g/mol. The van der Waals surface area contributed by atoms with Crippen LogP contribution in [-0.4, -0.2) is 14.2 Å². The zero-order valence-electron chi connectivity index (χ0n) is 12.9. The summed E-state index contributed by atoms with van der Waals surface area (Å²) in [5.74, 6) is 0.00591. The molecule has 0 amide bonds. The second-order valence-electron chi connectivity index (χ2n) is 5.17. The molecule has 0 aliphatic carbocycles. The highest BCUT2D eigenvalue weighted by Crippen LogP contribution is 2.35. The maximum atomic E-state index is 13.0. The van der Waals surface area contributed by atoms with Gasteiger partial charge in [0.15, 0.2) is 0 Å². The zero-order chi connectivity index (χ0) is 17.8. The Balaban J connectivity index is 2.16. The highest BCUT2D eigenvalue weighted by atomic mass is 32.2. The first-order chi connectivity index (χ1) is 11.2. The van der Waals surface area contributed by atoms with Crippen LogP contribution in [-0.2, 0) is 16.2 Å². The van der Waals surface area contributed by atoms with Crippen LogP contribution in [0.2, 0.25) is 0 Å². The number of halogens is 3. The molecule has 0 aliphatic heterocycles. The molecule has 0 aliphatic rings. The number of nitrogens with one attached hydrogen (secondary N) is 2. The van der Waals surface area contributed by atoms with Crippen molar-refractivity contribution in [1.82, 2.24) is 0 Å². The van der Waals surface area contributed by atoms with Gasteiger partial charge in [-0.05, 0) is 42.8 Å². The highest BCUT2D eigenvalue weighted by molar-refractivity contribution is 7.92. The van der Waals surface area contributed by atoms with Gasteiger partial charge in [0.05, 0.1) is 17.0 Å². The minimum absolute atomic E-state index is 0.00591. The lowest BCUT2D eigenvalue weighted by molar-refractivity contribution is -0.136. The minimum Gasteiger partial charge on any atom is -0.355 e. The van der Waals surface area contributed by atoms with E-state index in [0.29, 0.717) is 17.8 Å². The number of anilines is 3. The molecule has 0 spiro atoms. The van der Waals surface area contributed by atoms with Crippen LogP contribution in [0.3, 0.4) is 0 Å². The predicted molar refractivity (Wildman–Crippen MR) is 88.9 cm³/mol. The minimum atomic E-state index is -4.46. The van der Waals surface area contributed by atoms with E-state index in [4.69, 9.17) is 0 Å². The molecule has 2 N–H and O–H groups in total. The number of hydrogen-bond donors (Lipinski definition) is 2. The maximum Gasteiger partial charge on any atom is 0.418 e. The smallest absolute Gasteiger partial charge is 0.355 e. The second-order valence-corrected chi connectivity index (χ2v) is 7.01. The molecule has 0 heterocycles. The first-order valence-corrected chi connectivity index (χ1v) is 8.90. The number of alkyl halides is 3. The van der Waals surface area contributed by atoms with Crippen LogP contribution in [0.4, 0.5) is 30.2 Å². The SMILES string of the molecule is CCCS(=O)(=O)Nc1ccc(Nc2ccccc2C(F)(F)F)cc1. The van der Waals surface area contributed by atoms with Gasteiger partial charge in [0.25, 0.3) is 0 Å². The van der Waals surface area contributed by atoms with Crippen LogP contribution >= 0.6 is 0 Å². The summed E-state index contributed by atoms with van der Waals surface area (Å²) in [6, 6.07) is 11.2. The van der Waals surface area contributed by atoms with Crippen molar-refractivity contribution in [2.24, 2.45) is 0 Å². The lowest BCUT2D eigenvalue weighted by atomic mass is 10.1. The maximum absolute atomic E-state index is 13.0. The van der Waals surface area contributed by atoms with Gasteiger partial charge in [-0.25, -0.2) is 8.42 Å². The van der Waals surface area contributed by atoms with E-state index >= 15 is 0 Å². The topological polar surface area (TPSA) is 58.2 Å². The third-order valence-electron chi connectivity index (χ3n) is 3.14. The van der Waals surface area contributed by atoms with E-state index in [1.165, 1.54) is 42.5 Å². The second kappa shape index (κ2) is 7.12. The first-order valence-electron chi connectivity index (χ1n) is 7.25. The number of hydrogen-bond acceptors (Lipinski definition) is 3. The summed E-state index contributed by atoms with van der Waals surface area (Å²) in [6.45, 7) is 1.75. The molecule has 4 nitrogen and oxygen atoms in total. The van der Waals surface area contributed by atoms with E-state index < -0.39 is 21.8 Å². The molecular weight excluding hydrogens is 341 g/mol. The third kappa shape index (κ3) is 4.89. The lowest BCUT2D eigenvalue weighted by Crippen LogP contribution is -2.16. The molecule has 0 radical (unpaired) electrons. The molecule has 2 aromatic carbocycles. The van der Waals surface area contributed by atoms with Gasteiger partial charge >= 0.3 is 6.18 Å². The molecule has 0 saturated carbocycles. The summed E-state index contributed by atoms with van der Waals surface area (Å²) in [6.07, 6.45) is -3.97. The van der Waals surface area contributed by atoms with Crippen molar-refractivity contribution >= 4 is 27.1 Å². The summed E-state index contributed by atoms with van der Waals surface area (Å²) in [4.78, 5) is 0. The fourth-order valence-corrected chi connectivity index (χ4v) is 3.25. The van der Waals surface area contributed by atoms with Crippen LogP contribution < -0.4 is 10.0 Å². The Bertz CT molecular complexity index is 788. The van der Waals surface area contributed by atoms with E-state index in [1.54, 1.807) is 6.92 Å². The van der Waals surface area contributed by atoms with Gasteiger partial charge < -0.3 is 5.32 Å². The van der Waals surface area contributed by atoms with Gasteiger partial charge in [0, 0.05) is 11.4 Å². The van der Waals surface area contributed by atoms with Crippen LogP contribution in [0.1, 0.15) is 18.9 Å². The molecule has 0 fully saturated rings. The van der Waals surface area contributed by atoms with Crippen LogP contribution in [0, 0.1) is 0 Å². The summed E-state index contributed by atoms with van der Waals surface area (Å²) < 4.78 is 64.6. The van der Waals surface area contributed by atoms with Crippen molar-refractivity contribution in [3.05, 3.63) is 54.1 Å². The largest absolute Gasteiger partial charge is 0.418 e. The van der Waals surface area contributed by atoms with Crippen molar-refractivity contribution in [3.8, 4) is 0 Å². The molecular formula is C16H17F3N2O2S. The summed E-state index contributed by atoms with van der Waals surface area (Å²) in [5, 5.41) is 2.70. The molecule has 0 unspecified atom stereocenters. The van der Waals surface area contributed by atoms with Crippen molar-refractivity contribution in [2.45, 2.75) is 19.5 Å². The molecule has 0 saturated heterocycles. The van der Waals surface area contributed by atoms with Gasteiger partial charge in [0.1, 0.15) is 0 Å². The fraction of sp³-hybridized carbons (Fsp3) is 0.250. The fourth-order valence-electron chi connectivity index (χ4n) is 2.12. The summed E-state index contributed by atoms with van der Waals surface area (Å²) in [7, 11) is -3.40. The summed E-state index contributed by atoms with van der Waals surface area (Å²) in [5.41, 5.74) is -0.0507. The van der Waals surface area contributed by atoms with Gasteiger partial charge in [-0.2, -0.15) is 13.2 Å². The Labute approximate surface area is 138 Å². The van der Waals surface area contributed by atoms with Gasteiger partial charge in [-0.1, -0.05) is 19.1 Å². The first kappa shape index (κ1) is 18.1. The Morgan fingerprint density at radius 1 is 0.958 bits per heavy atom. The molecule has 2 aromatic rings. The molecule has 0 aromatic heterocycles. The number of benzene rings is 2. The van der Waals surface area contributed by atoms with E-state index in [1.807, 2.05) is 0 Å². The standard InChI is InChI=1S/C16H17F3N2O2S/c1-2-11-24(22,23)21-13-9-7-12(8-10-13)20-15-6-4-3-5-14(15)16(17,18)19/h3-10,20-21H,2,11H2,1H3. The molecule has 130 valence electrons. The number of sulfonamides is 1. The molecule has 2 rings (SSSR count). The Morgan fingerprint density at radius 3 is 2.12 bits per heavy atom. The Hall–Kier alpha value is -2.22. The van der Waals surface area contributed by atoms with Crippen molar-refractivity contribution < 1.29 is 21.6 Å². The third-order valence-corrected chi connectivity index (χ3v) is 4.63. The highest BCUT2D eigenvalue weighted by Gasteiger charge is 2.33. The van der Waals surface area contributed by atoms with E-state index in [-0.39, 0.29) is 11.4 Å². The van der Waals surface area contributed by atoms with Crippen LogP contribution in [0.25, 0.3) is 0 Å². The lowest BCUT2D eigenvalue weighted by Gasteiger charge is -2.15. The monoisotopic (exact) mass is 358 g/mol. The predicted octanol–water partition coefficient (Wildman–Crippen LogP) is 4.60. The van der Waals surface area contributed by atoms with E-state index in [2.05, 4.69) is 10.0 Å². The number of para-hydroxylation sites is 1. The summed E-state index contributed by atoms with van der Waals surface area (Å²) >= 11 is 0. The van der Waals surface area contributed by atoms with Crippen LogP contribution in [0.15, 0.2) is 48.5 Å². The Kier molecular flexibility index (Phi) is 5.38. The van der Waals surface area contributed by atoms with Crippen molar-refractivity contribution in [1.29, 1.82) is 0 Å². The zero-order valence-corrected chi connectivity index (χ0v) is 13.7. The van der Waals surface area contributed by atoms with Crippen LogP contribution in [0.5, 0.6) is 0 Å². The Morgan fingerprint density at radius 2 is 1.54 bits per heavy atom.